The summed E-state index contributed by atoms with van der Waals surface area (Å²) in [5.74, 6) is 0.869. The highest BCUT2D eigenvalue weighted by Gasteiger charge is 2.12. The molecule has 0 aliphatic heterocycles. The average Bonchev–Trinajstić information content (AvgIpc) is 3.25. The van der Waals surface area contributed by atoms with E-state index in [9.17, 15) is 4.79 Å². The highest BCUT2D eigenvalue weighted by atomic mass is 32.2. The average molecular weight is 403 g/mol. The van der Waals surface area contributed by atoms with Gasteiger partial charge in [-0.2, -0.15) is 5.10 Å². The molecule has 0 unspecified atom stereocenters. The van der Waals surface area contributed by atoms with Crippen LogP contribution in [0, 0.1) is 13.8 Å². The molecular formula is C18H22N6OS2. The van der Waals surface area contributed by atoms with Crippen LogP contribution in [0.2, 0.25) is 0 Å². The summed E-state index contributed by atoms with van der Waals surface area (Å²) >= 11 is 2.80. The standard InChI is InChI=1S/C18H22N6OS2/c1-11(2)24-15(7-8-19-24)21-16(25)10-26-18-23-22-17(27-18)20-14-6-5-12(3)9-13(14)4/h5-9,11H,10H2,1-4H3,(H,20,22)(H,21,25). The van der Waals surface area contributed by atoms with Crippen molar-refractivity contribution >= 4 is 45.6 Å². The van der Waals surface area contributed by atoms with Gasteiger partial charge in [0.2, 0.25) is 11.0 Å². The Balaban J connectivity index is 1.54. The van der Waals surface area contributed by atoms with Gasteiger partial charge in [-0.05, 0) is 39.3 Å². The molecule has 0 saturated heterocycles. The monoisotopic (exact) mass is 402 g/mol. The van der Waals surface area contributed by atoms with Crippen molar-refractivity contribution in [3.05, 3.63) is 41.6 Å². The zero-order chi connectivity index (χ0) is 19.4. The number of amides is 1. The van der Waals surface area contributed by atoms with E-state index in [1.54, 1.807) is 16.9 Å². The van der Waals surface area contributed by atoms with E-state index in [0.29, 0.717) is 10.9 Å². The lowest BCUT2D eigenvalue weighted by Crippen LogP contribution is -2.18. The van der Waals surface area contributed by atoms with Gasteiger partial charge in [-0.15, -0.1) is 10.2 Å². The Labute approximate surface area is 166 Å². The Kier molecular flexibility index (Phi) is 6.12. The second-order valence-corrected chi connectivity index (χ2v) is 8.61. The molecule has 1 amide bonds. The van der Waals surface area contributed by atoms with Gasteiger partial charge in [-0.3, -0.25) is 4.79 Å². The van der Waals surface area contributed by atoms with Crippen LogP contribution in [0.15, 0.2) is 34.8 Å². The van der Waals surface area contributed by atoms with E-state index in [4.69, 9.17) is 0 Å². The van der Waals surface area contributed by atoms with Crippen molar-refractivity contribution < 1.29 is 4.79 Å². The number of carbonyl (C=O) groups is 1. The number of rotatable bonds is 7. The van der Waals surface area contributed by atoms with Crippen LogP contribution in [0.25, 0.3) is 0 Å². The third-order valence-corrected chi connectivity index (χ3v) is 5.76. The quantitative estimate of drug-likeness (QED) is 0.570. The van der Waals surface area contributed by atoms with Crippen molar-refractivity contribution in [3.8, 4) is 0 Å². The minimum atomic E-state index is -0.0958. The minimum absolute atomic E-state index is 0.0958. The van der Waals surface area contributed by atoms with Crippen molar-refractivity contribution in [1.29, 1.82) is 0 Å². The van der Waals surface area contributed by atoms with Gasteiger partial charge in [-0.25, -0.2) is 4.68 Å². The predicted molar refractivity (Wildman–Crippen MR) is 111 cm³/mol. The largest absolute Gasteiger partial charge is 0.330 e. The molecule has 0 fully saturated rings. The Bertz CT molecular complexity index is 934. The smallest absolute Gasteiger partial charge is 0.235 e. The third kappa shape index (κ3) is 5.08. The number of carbonyl (C=O) groups excluding carboxylic acids is 1. The van der Waals surface area contributed by atoms with Gasteiger partial charge >= 0.3 is 0 Å². The van der Waals surface area contributed by atoms with Crippen LogP contribution < -0.4 is 10.6 Å². The molecular weight excluding hydrogens is 380 g/mol. The number of aryl methyl sites for hydroxylation is 2. The van der Waals surface area contributed by atoms with Crippen LogP contribution >= 0.6 is 23.1 Å². The fourth-order valence-corrected chi connectivity index (χ4v) is 4.08. The van der Waals surface area contributed by atoms with Gasteiger partial charge in [0.25, 0.3) is 0 Å². The number of benzene rings is 1. The number of nitrogens with one attached hydrogen (secondary N) is 2. The lowest BCUT2D eigenvalue weighted by atomic mass is 10.1. The summed E-state index contributed by atoms with van der Waals surface area (Å²) in [6.45, 7) is 8.15. The van der Waals surface area contributed by atoms with E-state index in [0.717, 1.165) is 15.6 Å². The van der Waals surface area contributed by atoms with Crippen molar-refractivity contribution in [2.75, 3.05) is 16.4 Å². The number of anilines is 3. The first-order valence-electron chi connectivity index (χ1n) is 8.56. The van der Waals surface area contributed by atoms with Gasteiger partial charge in [0.05, 0.1) is 11.9 Å². The number of hydrogen-bond donors (Lipinski definition) is 2. The van der Waals surface area contributed by atoms with Gasteiger partial charge < -0.3 is 10.6 Å². The van der Waals surface area contributed by atoms with Gasteiger partial charge in [0.15, 0.2) is 4.34 Å². The molecule has 2 aromatic heterocycles. The maximum Gasteiger partial charge on any atom is 0.235 e. The van der Waals surface area contributed by atoms with Crippen LogP contribution in [-0.2, 0) is 4.79 Å². The summed E-state index contributed by atoms with van der Waals surface area (Å²) in [5.41, 5.74) is 3.38. The molecule has 1 aromatic carbocycles. The predicted octanol–water partition coefficient (Wildman–Crippen LogP) is 4.41. The molecule has 0 spiro atoms. The summed E-state index contributed by atoms with van der Waals surface area (Å²) in [6.07, 6.45) is 1.68. The molecule has 3 aromatic rings. The molecule has 27 heavy (non-hydrogen) atoms. The maximum atomic E-state index is 12.2. The van der Waals surface area contributed by atoms with Crippen LogP contribution in [0.3, 0.4) is 0 Å². The number of thioether (sulfide) groups is 1. The molecule has 0 radical (unpaired) electrons. The maximum absolute atomic E-state index is 12.2. The van der Waals surface area contributed by atoms with Gasteiger partial charge in [0.1, 0.15) is 5.82 Å². The van der Waals surface area contributed by atoms with Crippen molar-refractivity contribution in [1.82, 2.24) is 20.0 Å². The van der Waals surface area contributed by atoms with Crippen LogP contribution in [0.5, 0.6) is 0 Å². The number of hydrogen-bond acceptors (Lipinski definition) is 7. The van der Waals surface area contributed by atoms with E-state index in [1.165, 1.54) is 28.7 Å². The Morgan fingerprint density at radius 3 is 2.81 bits per heavy atom. The molecule has 0 aliphatic carbocycles. The Morgan fingerprint density at radius 1 is 1.26 bits per heavy atom. The topological polar surface area (TPSA) is 84.7 Å². The molecule has 3 rings (SSSR count). The number of nitrogens with zero attached hydrogens (tertiary/aromatic N) is 4. The molecule has 7 nitrogen and oxygen atoms in total. The Morgan fingerprint density at radius 2 is 2.07 bits per heavy atom. The van der Waals surface area contributed by atoms with Gasteiger partial charge in [0, 0.05) is 17.8 Å². The summed E-state index contributed by atoms with van der Waals surface area (Å²) in [6, 6.07) is 8.18. The molecule has 0 saturated carbocycles. The van der Waals surface area contributed by atoms with Crippen molar-refractivity contribution in [2.24, 2.45) is 0 Å². The lowest BCUT2D eigenvalue weighted by Gasteiger charge is -2.11. The van der Waals surface area contributed by atoms with E-state index < -0.39 is 0 Å². The summed E-state index contributed by atoms with van der Waals surface area (Å²) in [7, 11) is 0. The van der Waals surface area contributed by atoms with Crippen LogP contribution in [0.4, 0.5) is 16.6 Å². The van der Waals surface area contributed by atoms with Crippen LogP contribution in [-0.4, -0.2) is 31.6 Å². The van der Waals surface area contributed by atoms with E-state index in [-0.39, 0.29) is 17.7 Å². The highest BCUT2D eigenvalue weighted by molar-refractivity contribution is 8.01. The van der Waals surface area contributed by atoms with Gasteiger partial charge in [-0.1, -0.05) is 40.8 Å². The Hall–Kier alpha value is -2.39. The molecule has 142 valence electrons. The third-order valence-electron chi connectivity index (χ3n) is 3.78. The van der Waals surface area contributed by atoms with E-state index >= 15 is 0 Å². The molecule has 2 heterocycles. The second-order valence-electron chi connectivity index (χ2n) is 6.41. The summed E-state index contributed by atoms with van der Waals surface area (Å²) < 4.78 is 2.52. The number of aromatic nitrogens is 4. The second kappa shape index (κ2) is 8.53. The fourth-order valence-electron chi connectivity index (χ4n) is 2.52. The molecule has 0 atom stereocenters. The van der Waals surface area contributed by atoms with Crippen molar-refractivity contribution in [3.63, 3.8) is 0 Å². The highest BCUT2D eigenvalue weighted by Crippen LogP contribution is 2.29. The first kappa shape index (κ1) is 19.4. The molecule has 0 aliphatic rings. The zero-order valence-corrected chi connectivity index (χ0v) is 17.3. The van der Waals surface area contributed by atoms with E-state index in [2.05, 4.69) is 51.9 Å². The molecule has 2 N–H and O–H groups in total. The summed E-state index contributed by atoms with van der Waals surface area (Å²) in [5, 5.41) is 19.4. The van der Waals surface area contributed by atoms with E-state index in [1.807, 2.05) is 19.9 Å². The first-order valence-corrected chi connectivity index (χ1v) is 10.4. The normalized spacial score (nSPS) is 11.0. The molecule has 0 bridgehead atoms. The fraction of sp³-hybridized carbons (Fsp3) is 0.333. The van der Waals surface area contributed by atoms with Crippen molar-refractivity contribution in [2.45, 2.75) is 38.1 Å². The van der Waals surface area contributed by atoms with Crippen LogP contribution in [0.1, 0.15) is 31.0 Å². The zero-order valence-electron chi connectivity index (χ0n) is 15.7. The SMILES string of the molecule is Cc1ccc(Nc2nnc(SCC(=O)Nc3ccnn3C(C)C)s2)c(C)c1. The summed E-state index contributed by atoms with van der Waals surface area (Å²) in [4.78, 5) is 12.2. The minimum Gasteiger partial charge on any atom is -0.330 e. The lowest BCUT2D eigenvalue weighted by molar-refractivity contribution is -0.113. The first-order chi connectivity index (χ1) is 12.9. The molecule has 9 heteroatoms.